The van der Waals surface area contributed by atoms with Gasteiger partial charge in [-0.1, -0.05) is 67.1 Å². The Morgan fingerprint density at radius 2 is 1.77 bits per heavy atom. The molecular weight excluding hydrogens is 298 g/mol. The number of carbonyl (C=O) groups excluding carboxylic acids is 1. The fourth-order valence-corrected chi connectivity index (χ4v) is 2.53. The summed E-state index contributed by atoms with van der Waals surface area (Å²) in [6, 6.07) is 16.6. The van der Waals surface area contributed by atoms with E-state index in [9.17, 15) is 9.90 Å². The highest BCUT2D eigenvalue weighted by Crippen LogP contribution is 2.20. The van der Waals surface area contributed by atoms with Crippen LogP contribution in [0.25, 0.3) is 0 Å². The van der Waals surface area contributed by atoms with Gasteiger partial charge in [-0.2, -0.15) is 0 Å². The fourth-order valence-electron chi connectivity index (χ4n) is 2.32. The molecule has 0 saturated carbocycles. The second kappa shape index (κ2) is 7.97. The van der Waals surface area contributed by atoms with Crippen molar-refractivity contribution in [2.75, 3.05) is 6.61 Å². The average molecular weight is 318 g/mol. The first-order valence-corrected chi connectivity index (χ1v) is 7.69. The van der Waals surface area contributed by atoms with Crippen LogP contribution in [0.1, 0.15) is 24.1 Å². The van der Waals surface area contributed by atoms with Crippen LogP contribution in [-0.4, -0.2) is 17.6 Å². The molecule has 116 valence electrons. The summed E-state index contributed by atoms with van der Waals surface area (Å²) < 4.78 is 0. The standard InChI is InChI=1S/C18H20ClNO2/c1-13(11-15-9-5-6-10-16(15)19)18(22)20-17(12-21)14-7-3-2-4-8-14/h2-10,13,17,21H,11-12H2,1H3,(H,20,22). The van der Waals surface area contributed by atoms with E-state index in [1.54, 1.807) is 0 Å². The summed E-state index contributed by atoms with van der Waals surface area (Å²) >= 11 is 6.13. The Hall–Kier alpha value is -1.84. The zero-order chi connectivity index (χ0) is 15.9. The van der Waals surface area contributed by atoms with E-state index in [4.69, 9.17) is 11.6 Å². The van der Waals surface area contributed by atoms with Crippen molar-refractivity contribution in [2.24, 2.45) is 5.92 Å². The van der Waals surface area contributed by atoms with Gasteiger partial charge in [-0.15, -0.1) is 0 Å². The zero-order valence-corrected chi connectivity index (χ0v) is 13.3. The van der Waals surface area contributed by atoms with Crippen LogP contribution in [0.2, 0.25) is 5.02 Å². The van der Waals surface area contributed by atoms with Gasteiger partial charge in [0.15, 0.2) is 0 Å². The van der Waals surface area contributed by atoms with Gasteiger partial charge in [-0.25, -0.2) is 0 Å². The first-order chi connectivity index (χ1) is 10.6. The predicted octanol–water partition coefficient (Wildman–Crippen LogP) is 3.37. The van der Waals surface area contributed by atoms with Crippen LogP contribution in [0.5, 0.6) is 0 Å². The second-order valence-corrected chi connectivity index (χ2v) is 5.76. The number of aliphatic hydroxyl groups is 1. The summed E-state index contributed by atoms with van der Waals surface area (Å²) in [5.41, 5.74) is 1.84. The summed E-state index contributed by atoms with van der Waals surface area (Å²) in [4.78, 5) is 12.3. The molecule has 3 nitrogen and oxygen atoms in total. The second-order valence-electron chi connectivity index (χ2n) is 5.35. The van der Waals surface area contributed by atoms with Crippen LogP contribution >= 0.6 is 11.6 Å². The number of amides is 1. The van der Waals surface area contributed by atoms with Crippen molar-refractivity contribution in [1.29, 1.82) is 0 Å². The Morgan fingerprint density at radius 1 is 1.14 bits per heavy atom. The first-order valence-electron chi connectivity index (χ1n) is 7.31. The lowest BCUT2D eigenvalue weighted by Crippen LogP contribution is -2.35. The van der Waals surface area contributed by atoms with Crippen LogP contribution in [-0.2, 0) is 11.2 Å². The largest absolute Gasteiger partial charge is 0.394 e. The molecule has 2 unspecified atom stereocenters. The molecule has 0 saturated heterocycles. The maximum Gasteiger partial charge on any atom is 0.223 e. The van der Waals surface area contributed by atoms with Crippen molar-refractivity contribution >= 4 is 17.5 Å². The summed E-state index contributed by atoms with van der Waals surface area (Å²) in [6.45, 7) is 1.73. The van der Waals surface area contributed by atoms with Crippen LogP contribution in [0.3, 0.4) is 0 Å². The lowest BCUT2D eigenvalue weighted by molar-refractivity contribution is -0.125. The number of hydrogen-bond acceptors (Lipinski definition) is 2. The van der Waals surface area contributed by atoms with Crippen LogP contribution in [0, 0.1) is 5.92 Å². The zero-order valence-electron chi connectivity index (χ0n) is 12.5. The Labute approximate surface area is 135 Å². The molecule has 0 radical (unpaired) electrons. The topological polar surface area (TPSA) is 49.3 Å². The third-order valence-corrected chi connectivity index (χ3v) is 4.00. The van der Waals surface area contributed by atoms with Crippen molar-refractivity contribution in [1.82, 2.24) is 5.32 Å². The van der Waals surface area contributed by atoms with Crippen LogP contribution < -0.4 is 5.32 Å². The molecule has 0 aromatic heterocycles. The molecule has 0 aliphatic heterocycles. The SMILES string of the molecule is CC(Cc1ccccc1Cl)C(=O)NC(CO)c1ccccc1. The number of nitrogens with one attached hydrogen (secondary N) is 1. The third kappa shape index (κ3) is 4.33. The highest BCUT2D eigenvalue weighted by molar-refractivity contribution is 6.31. The molecular formula is C18H20ClNO2. The van der Waals surface area contributed by atoms with E-state index in [0.717, 1.165) is 11.1 Å². The summed E-state index contributed by atoms with van der Waals surface area (Å²) in [6.07, 6.45) is 0.568. The van der Waals surface area contributed by atoms with Gasteiger partial charge in [0.25, 0.3) is 0 Å². The molecule has 2 atom stereocenters. The molecule has 0 bridgehead atoms. The Bertz CT molecular complexity index is 615. The maximum absolute atomic E-state index is 12.3. The lowest BCUT2D eigenvalue weighted by Gasteiger charge is -2.20. The van der Waals surface area contributed by atoms with Gasteiger partial charge in [0.2, 0.25) is 5.91 Å². The van der Waals surface area contributed by atoms with E-state index < -0.39 is 0 Å². The number of rotatable bonds is 6. The van der Waals surface area contributed by atoms with E-state index in [1.807, 2.05) is 61.5 Å². The average Bonchev–Trinajstić information content (AvgIpc) is 2.55. The summed E-state index contributed by atoms with van der Waals surface area (Å²) in [5, 5.41) is 13.1. The maximum atomic E-state index is 12.3. The molecule has 0 fully saturated rings. The van der Waals surface area contributed by atoms with Gasteiger partial charge >= 0.3 is 0 Å². The first kappa shape index (κ1) is 16.5. The van der Waals surface area contributed by atoms with Crippen molar-refractivity contribution in [2.45, 2.75) is 19.4 Å². The highest BCUT2D eigenvalue weighted by Gasteiger charge is 2.19. The molecule has 22 heavy (non-hydrogen) atoms. The lowest BCUT2D eigenvalue weighted by atomic mass is 9.99. The number of carbonyl (C=O) groups is 1. The number of benzene rings is 2. The molecule has 2 N–H and O–H groups in total. The van der Waals surface area contributed by atoms with Gasteiger partial charge in [-0.05, 0) is 23.6 Å². The smallest absolute Gasteiger partial charge is 0.223 e. The van der Waals surface area contributed by atoms with Gasteiger partial charge < -0.3 is 10.4 Å². The van der Waals surface area contributed by atoms with Gasteiger partial charge in [-0.3, -0.25) is 4.79 Å². The molecule has 2 aromatic carbocycles. The molecule has 4 heteroatoms. The van der Waals surface area contributed by atoms with Crippen molar-refractivity contribution in [3.05, 3.63) is 70.7 Å². The van der Waals surface area contributed by atoms with E-state index in [-0.39, 0.29) is 24.5 Å². The number of halogens is 1. The predicted molar refractivity (Wildman–Crippen MR) is 88.7 cm³/mol. The van der Waals surface area contributed by atoms with Crippen molar-refractivity contribution in [3.63, 3.8) is 0 Å². The number of aliphatic hydroxyl groups excluding tert-OH is 1. The molecule has 0 aliphatic rings. The van der Waals surface area contributed by atoms with Crippen LogP contribution in [0.15, 0.2) is 54.6 Å². The van der Waals surface area contributed by atoms with Gasteiger partial charge in [0.1, 0.15) is 0 Å². The van der Waals surface area contributed by atoms with Crippen molar-refractivity contribution < 1.29 is 9.90 Å². The Balaban J connectivity index is 2.00. The van der Waals surface area contributed by atoms with E-state index in [1.165, 1.54) is 0 Å². The highest BCUT2D eigenvalue weighted by atomic mass is 35.5. The minimum atomic E-state index is -0.387. The van der Waals surface area contributed by atoms with Gasteiger partial charge in [0.05, 0.1) is 12.6 Å². The third-order valence-electron chi connectivity index (χ3n) is 3.63. The summed E-state index contributed by atoms with van der Waals surface area (Å²) in [5.74, 6) is -0.319. The molecule has 0 heterocycles. The minimum Gasteiger partial charge on any atom is -0.394 e. The Morgan fingerprint density at radius 3 is 2.41 bits per heavy atom. The molecule has 0 aliphatic carbocycles. The molecule has 2 aromatic rings. The van der Waals surface area contributed by atoms with Gasteiger partial charge in [0, 0.05) is 10.9 Å². The van der Waals surface area contributed by atoms with E-state index in [0.29, 0.717) is 11.4 Å². The molecule has 2 rings (SSSR count). The fraction of sp³-hybridized carbons (Fsp3) is 0.278. The van der Waals surface area contributed by atoms with Crippen molar-refractivity contribution in [3.8, 4) is 0 Å². The monoisotopic (exact) mass is 317 g/mol. The van der Waals surface area contributed by atoms with E-state index in [2.05, 4.69) is 5.32 Å². The normalized spacial score (nSPS) is 13.4. The molecule has 1 amide bonds. The molecule has 0 spiro atoms. The summed E-state index contributed by atoms with van der Waals surface area (Å²) in [7, 11) is 0. The minimum absolute atomic E-state index is 0.0946. The number of hydrogen-bond donors (Lipinski definition) is 2. The van der Waals surface area contributed by atoms with E-state index >= 15 is 0 Å². The van der Waals surface area contributed by atoms with Crippen LogP contribution in [0.4, 0.5) is 0 Å². The quantitative estimate of drug-likeness (QED) is 0.858. The Kier molecular flexibility index (Phi) is 5.99.